The standard InChI is InChI=1S/C13H19FN2O3S/c1-10-4-3-7-16(8-10)20(18,19)15-13-11(9-17)5-2-6-12(13)14/h2,5-6,10,15,17H,3-4,7-9H2,1H3. The van der Waals surface area contributed by atoms with Crippen molar-refractivity contribution in [2.45, 2.75) is 26.4 Å². The molecule has 1 saturated heterocycles. The minimum Gasteiger partial charge on any atom is -0.392 e. The number of nitrogens with zero attached hydrogens (tertiary/aromatic N) is 1. The highest BCUT2D eigenvalue weighted by Gasteiger charge is 2.28. The monoisotopic (exact) mass is 302 g/mol. The summed E-state index contributed by atoms with van der Waals surface area (Å²) in [5, 5.41) is 9.18. The van der Waals surface area contributed by atoms with Crippen LogP contribution in [0.2, 0.25) is 0 Å². The molecule has 1 unspecified atom stereocenters. The minimum absolute atomic E-state index is 0.173. The lowest BCUT2D eigenvalue weighted by molar-refractivity contribution is 0.280. The van der Waals surface area contributed by atoms with Crippen LogP contribution in [-0.4, -0.2) is 30.9 Å². The van der Waals surface area contributed by atoms with Gasteiger partial charge in [-0.3, -0.25) is 4.72 Å². The Hall–Kier alpha value is -1.18. The average Bonchev–Trinajstić information content (AvgIpc) is 2.41. The lowest BCUT2D eigenvalue weighted by atomic mass is 10.0. The lowest BCUT2D eigenvalue weighted by Crippen LogP contribution is -2.42. The Morgan fingerprint density at radius 1 is 1.50 bits per heavy atom. The van der Waals surface area contributed by atoms with Gasteiger partial charge in [-0.05, 0) is 24.8 Å². The summed E-state index contributed by atoms with van der Waals surface area (Å²) in [5.74, 6) is -0.400. The third-order valence-corrected chi connectivity index (χ3v) is 4.93. The second-order valence-corrected chi connectivity index (χ2v) is 6.82. The second-order valence-electron chi connectivity index (χ2n) is 5.14. The maximum atomic E-state index is 13.8. The van der Waals surface area contributed by atoms with Gasteiger partial charge in [0.05, 0.1) is 12.3 Å². The fourth-order valence-electron chi connectivity index (χ4n) is 2.37. The maximum Gasteiger partial charge on any atom is 0.301 e. The molecular weight excluding hydrogens is 283 g/mol. The van der Waals surface area contributed by atoms with Gasteiger partial charge < -0.3 is 5.11 Å². The number of hydrogen-bond acceptors (Lipinski definition) is 3. The number of benzene rings is 1. The number of halogens is 1. The van der Waals surface area contributed by atoms with Crippen molar-refractivity contribution in [2.75, 3.05) is 17.8 Å². The lowest BCUT2D eigenvalue weighted by Gasteiger charge is -2.30. The summed E-state index contributed by atoms with van der Waals surface area (Å²) in [7, 11) is -3.79. The highest BCUT2D eigenvalue weighted by atomic mass is 32.2. The second kappa shape index (κ2) is 6.07. The van der Waals surface area contributed by atoms with Gasteiger partial charge in [-0.2, -0.15) is 12.7 Å². The normalized spacial score (nSPS) is 20.9. The summed E-state index contributed by atoms with van der Waals surface area (Å²) >= 11 is 0. The molecule has 2 N–H and O–H groups in total. The molecule has 2 rings (SSSR count). The Morgan fingerprint density at radius 3 is 2.90 bits per heavy atom. The van der Waals surface area contributed by atoms with Crippen LogP contribution in [0.15, 0.2) is 18.2 Å². The van der Waals surface area contributed by atoms with E-state index in [0.29, 0.717) is 19.0 Å². The van der Waals surface area contributed by atoms with Crippen LogP contribution >= 0.6 is 0 Å². The molecule has 0 radical (unpaired) electrons. The van der Waals surface area contributed by atoms with E-state index in [2.05, 4.69) is 4.72 Å². The molecule has 0 bridgehead atoms. The van der Waals surface area contributed by atoms with E-state index in [4.69, 9.17) is 0 Å². The summed E-state index contributed by atoms with van der Waals surface area (Å²) in [4.78, 5) is 0. The van der Waals surface area contributed by atoms with E-state index in [1.165, 1.54) is 16.4 Å². The number of para-hydroxylation sites is 1. The van der Waals surface area contributed by atoms with E-state index in [-0.39, 0.29) is 11.3 Å². The van der Waals surface area contributed by atoms with Crippen LogP contribution in [0.1, 0.15) is 25.3 Å². The quantitative estimate of drug-likeness (QED) is 0.889. The smallest absolute Gasteiger partial charge is 0.301 e. The van der Waals surface area contributed by atoms with Crippen molar-refractivity contribution < 1.29 is 17.9 Å². The summed E-state index contributed by atoms with van der Waals surface area (Å²) in [6, 6.07) is 4.08. The van der Waals surface area contributed by atoms with Crippen LogP contribution in [0, 0.1) is 11.7 Å². The number of rotatable bonds is 4. The van der Waals surface area contributed by atoms with E-state index < -0.39 is 22.6 Å². The van der Waals surface area contributed by atoms with Gasteiger partial charge in [0.15, 0.2) is 0 Å². The van der Waals surface area contributed by atoms with Crippen LogP contribution in [-0.2, 0) is 16.8 Å². The molecule has 1 aliphatic heterocycles. The number of nitrogens with one attached hydrogen (secondary N) is 1. The zero-order valence-corrected chi connectivity index (χ0v) is 12.2. The van der Waals surface area contributed by atoms with Gasteiger partial charge in [0, 0.05) is 18.7 Å². The van der Waals surface area contributed by atoms with Crippen molar-refractivity contribution in [3.05, 3.63) is 29.6 Å². The Balaban J connectivity index is 2.24. The van der Waals surface area contributed by atoms with Crippen LogP contribution in [0.4, 0.5) is 10.1 Å². The first kappa shape index (κ1) is 15.2. The van der Waals surface area contributed by atoms with Crippen molar-refractivity contribution in [1.82, 2.24) is 4.31 Å². The predicted molar refractivity (Wildman–Crippen MR) is 74.8 cm³/mol. The number of aliphatic hydroxyl groups is 1. The molecule has 20 heavy (non-hydrogen) atoms. The zero-order valence-electron chi connectivity index (χ0n) is 11.3. The summed E-state index contributed by atoms with van der Waals surface area (Å²) in [6.07, 6.45) is 1.79. The van der Waals surface area contributed by atoms with E-state index in [0.717, 1.165) is 18.9 Å². The summed E-state index contributed by atoms with van der Waals surface area (Å²) in [6.45, 7) is 2.43. The van der Waals surface area contributed by atoms with E-state index in [1.54, 1.807) is 0 Å². The first-order valence-corrected chi connectivity index (χ1v) is 8.04. The van der Waals surface area contributed by atoms with E-state index in [1.807, 2.05) is 6.92 Å². The van der Waals surface area contributed by atoms with Gasteiger partial charge in [0.1, 0.15) is 5.82 Å². The molecule has 1 aromatic carbocycles. The van der Waals surface area contributed by atoms with E-state index >= 15 is 0 Å². The van der Waals surface area contributed by atoms with Crippen LogP contribution in [0.25, 0.3) is 0 Å². The number of aliphatic hydroxyl groups excluding tert-OH is 1. The predicted octanol–water partition coefficient (Wildman–Crippen LogP) is 1.71. The largest absolute Gasteiger partial charge is 0.392 e. The topological polar surface area (TPSA) is 69.6 Å². The molecule has 0 amide bonds. The molecule has 0 aromatic heterocycles. The molecule has 112 valence electrons. The van der Waals surface area contributed by atoms with Crippen molar-refractivity contribution in [3.63, 3.8) is 0 Å². The number of hydrogen-bond donors (Lipinski definition) is 2. The highest BCUT2D eigenvalue weighted by Crippen LogP contribution is 2.24. The SMILES string of the molecule is CC1CCCN(S(=O)(=O)Nc2c(F)cccc2CO)C1. The Labute approximate surface area is 118 Å². The molecule has 1 aliphatic rings. The van der Waals surface area contributed by atoms with Gasteiger partial charge in [-0.1, -0.05) is 19.1 Å². The van der Waals surface area contributed by atoms with Gasteiger partial charge in [-0.15, -0.1) is 0 Å². The third kappa shape index (κ3) is 3.28. The van der Waals surface area contributed by atoms with Crippen molar-refractivity contribution >= 4 is 15.9 Å². The molecule has 1 heterocycles. The highest BCUT2D eigenvalue weighted by molar-refractivity contribution is 7.90. The molecule has 0 spiro atoms. The zero-order chi connectivity index (χ0) is 14.8. The fourth-order valence-corrected chi connectivity index (χ4v) is 3.81. The molecule has 0 aliphatic carbocycles. The first-order chi connectivity index (χ1) is 9.44. The van der Waals surface area contributed by atoms with Gasteiger partial charge in [-0.25, -0.2) is 4.39 Å². The molecule has 0 saturated carbocycles. The van der Waals surface area contributed by atoms with Gasteiger partial charge in [0.25, 0.3) is 0 Å². The fraction of sp³-hybridized carbons (Fsp3) is 0.538. The molecule has 1 aromatic rings. The summed E-state index contributed by atoms with van der Waals surface area (Å²) in [5.41, 5.74) is 0.0480. The summed E-state index contributed by atoms with van der Waals surface area (Å²) < 4.78 is 41.9. The molecule has 1 fully saturated rings. The van der Waals surface area contributed by atoms with Crippen molar-refractivity contribution in [2.24, 2.45) is 5.92 Å². The minimum atomic E-state index is -3.79. The van der Waals surface area contributed by atoms with Crippen molar-refractivity contribution in [1.29, 1.82) is 0 Å². The van der Waals surface area contributed by atoms with Crippen LogP contribution in [0.3, 0.4) is 0 Å². The Bertz CT molecular complexity index is 577. The number of piperidine rings is 1. The molecule has 7 heteroatoms. The van der Waals surface area contributed by atoms with Crippen LogP contribution < -0.4 is 4.72 Å². The van der Waals surface area contributed by atoms with E-state index in [9.17, 15) is 17.9 Å². The Kier molecular flexibility index (Phi) is 4.62. The molecule has 1 atom stereocenters. The van der Waals surface area contributed by atoms with Crippen LogP contribution in [0.5, 0.6) is 0 Å². The third-order valence-electron chi connectivity index (χ3n) is 3.46. The van der Waals surface area contributed by atoms with Gasteiger partial charge >= 0.3 is 10.2 Å². The molecular formula is C13H19FN2O3S. The first-order valence-electron chi connectivity index (χ1n) is 6.60. The van der Waals surface area contributed by atoms with Gasteiger partial charge in [0.2, 0.25) is 0 Å². The Morgan fingerprint density at radius 2 is 2.25 bits per heavy atom. The number of anilines is 1. The average molecular weight is 302 g/mol. The molecule has 5 nitrogen and oxygen atoms in total. The maximum absolute atomic E-state index is 13.8. The van der Waals surface area contributed by atoms with Crippen molar-refractivity contribution in [3.8, 4) is 0 Å².